The maximum Gasteiger partial charge on any atom is 0.101 e. The Kier molecular flexibility index (Phi) is 5.25. The number of nitriles is 1. The van der Waals surface area contributed by atoms with Crippen molar-refractivity contribution in [1.29, 1.82) is 5.26 Å². The molecule has 25 heavy (non-hydrogen) atoms. The van der Waals surface area contributed by atoms with Crippen molar-refractivity contribution < 1.29 is 5.11 Å². The molecule has 1 fully saturated rings. The van der Waals surface area contributed by atoms with Crippen LogP contribution in [-0.2, 0) is 6.54 Å². The van der Waals surface area contributed by atoms with E-state index in [1.165, 1.54) is 16.7 Å². The van der Waals surface area contributed by atoms with E-state index in [0.29, 0.717) is 5.56 Å². The summed E-state index contributed by atoms with van der Waals surface area (Å²) in [5.74, 6) is 0. The summed E-state index contributed by atoms with van der Waals surface area (Å²) in [7, 11) is 0. The second-order valence-electron chi connectivity index (χ2n) is 6.85. The summed E-state index contributed by atoms with van der Waals surface area (Å²) in [6.07, 6.45) is 1.32. The van der Waals surface area contributed by atoms with Gasteiger partial charge in [0.15, 0.2) is 0 Å². The number of benzene rings is 2. The molecule has 0 aromatic heterocycles. The minimum absolute atomic E-state index is 0.208. The molecule has 3 rings (SSSR count). The Morgan fingerprint density at radius 1 is 1.16 bits per heavy atom. The molecule has 1 saturated heterocycles. The molecule has 4 nitrogen and oxygen atoms in total. The van der Waals surface area contributed by atoms with Crippen molar-refractivity contribution in [2.24, 2.45) is 0 Å². The third-order valence-electron chi connectivity index (χ3n) is 4.90. The molecule has 2 aromatic rings. The maximum absolute atomic E-state index is 9.66. The number of hydrogen-bond acceptors (Lipinski definition) is 4. The van der Waals surface area contributed by atoms with Crippen LogP contribution < -0.4 is 10.2 Å². The van der Waals surface area contributed by atoms with Crippen molar-refractivity contribution in [1.82, 2.24) is 0 Å². The van der Waals surface area contributed by atoms with E-state index in [1.807, 2.05) is 18.2 Å². The van der Waals surface area contributed by atoms with Gasteiger partial charge in [0.2, 0.25) is 0 Å². The van der Waals surface area contributed by atoms with Crippen LogP contribution in [0.3, 0.4) is 0 Å². The zero-order valence-electron chi connectivity index (χ0n) is 14.9. The molecule has 130 valence electrons. The minimum Gasteiger partial charge on any atom is -0.393 e. The molecule has 0 amide bonds. The van der Waals surface area contributed by atoms with Crippen LogP contribution in [0.25, 0.3) is 0 Å². The van der Waals surface area contributed by atoms with Crippen LogP contribution in [0.1, 0.15) is 35.1 Å². The van der Waals surface area contributed by atoms with Gasteiger partial charge in [-0.15, -0.1) is 0 Å². The first-order chi connectivity index (χ1) is 12.1. The van der Waals surface area contributed by atoms with Crippen molar-refractivity contribution in [3.63, 3.8) is 0 Å². The highest BCUT2D eigenvalue weighted by atomic mass is 16.3. The van der Waals surface area contributed by atoms with E-state index in [-0.39, 0.29) is 6.10 Å². The lowest BCUT2D eigenvalue weighted by Gasteiger charge is -2.32. The number of aryl methyl sites for hydroxylation is 2. The fraction of sp³-hybridized carbons (Fsp3) is 0.381. The topological polar surface area (TPSA) is 59.3 Å². The highest BCUT2D eigenvalue weighted by molar-refractivity contribution is 5.65. The van der Waals surface area contributed by atoms with Gasteiger partial charge >= 0.3 is 0 Å². The largest absolute Gasteiger partial charge is 0.393 e. The van der Waals surface area contributed by atoms with Crippen LogP contribution in [0.15, 0.2) is 36.4 Å². The van der Waals surface area contributed by atoms with Gasteiger partial charge in [-0.25, -0.2) is 0 Å². The molecule has 0 aliphatic carbocycles. The van der Waals surface area contributed by atoms with E-state index in [0.717, 1.165) is 43.9 Å². The Balaban J connectivity index is 1.72. The van der Waals surface area contributed by atoms with Gasteiger partial charge in [-0.2, -0.15) is 5.26 Å². The van der Waals surface area contributed by atoms with Gasteiger partial charge in [0, 0.05) is 25.3 Å². The molecule has 1 heterocycles. The third kappa shape index (κ3) is 4.12. The summed E-state index contributed by atoms with van der Waals surface area (Å²) < 4.78 is 0. The Labute approximate surface area is 149 Å². The summed E-state index contributed by atoms with van der Waals surface area (Å²) in [6, 6.07) is 14.7. The second kappa shape index (κ2) is 7.58. The Hall–Kier alpha value is -2.51. The number of nitrogens with one attached hydrogen (secondary N) is 1. The molecule has 0 unspecified atom stereocenters. The van der Waals surface area contributed by atoms with Crippen molar-refractivity contribution >= 4 is 11.4 Å². The van der Waals surface area contributed by atoms with Gasteiger partial charge in [-0.3, -0.25) is 0 Å². The lowest BCUT2D eigenvalue weighted by Crippen LogP contribution is -2.36. The summed E-state index contributed by atoms with van der Waals surface area (Å²) in [4.78, 5) is 2.19. The molecule has 0 bridgehead atoms. The predicted octanol–water partition coefficient (Wildman–Crippen LogP) is 3.75. The third-order valence-corrected chi connectivity index (χ3v) is 4.90. The molecule has 0 spiro atoms. The van der Waals surface area contributed by atoms with E-state index in [9.17, 15) is 10.4 Å². The van der Waals surface area contributed by atoms with Crippen molar-refractivity contribution in [3.8, 4) is 6.07 Å². The van der Waals surface area contributed by atoms with Crippen LogP contribution in [0, 0.1) is 25.2 Å². The molecule has 1 aliphatic rings. The Morgan fingerprint density at radius 3 is 2.60 bits per heavy atom. The SMILES string of the molecule is Cc1ccc(CNc2ccc(N3CCC(O)CC3)c(C#N)c2)c(C)c1. The number of nitrogens with zero attached hydrogens (tertiary/aromatic N) is 2. The standard InChI is InChI=1S/C21H25N3O/c1-15-3-4-17(16(2)11-15)14-23-19-5-6-21(18(12-19)13-22)24-9-7-20(25)8-10-24/h3-6,11-12,20,23,25H,7-10,14H2,1-2H3. The number of anilines is 2. The highest BCUT2D eigenvalue weighted by Crippen LogP contribution is 2.27. The van der Waals surface area contributed by atoms with Crippen molar-refractivity contribution in [2.75, 3.05) is 23.3 Å². The average molecular weight is 335 g/mol. The number of aliphatic hydroxyl groups is 1. The summed E-state index contributed by atoms with van der Waals surface area (Å²) in [6.45, 7) is 6.56. The summed E-state index contributed by atoms with van der Waals surface area (Å²) >= 11 is 0. The van der Waals surface area contributed by atoms with E-state index in [1.54, 1.807) is 0 Å². The van der Waals surface area contributed by atoms with E-state index < -0.39 is 0 Å². The smallest absolute Gasteiger partial charge is 0.101 e. The predicted molar refractivity (Wildman–Crippen MR) is 102 cm³/mol. The molecule has 1 aliphatic heterocycles. The van der Waals surface area contributed by atoms with E-state index >= 15 is 0 Å². The molecule has 0 atom stereocenters. The van der Waals surface area contributed by atoms with Crippen molar-refractivity contribution in [2.45, 2.75) is 39.3 Å². The van der Waals surface area contributed by atoms with E-state index in [2.05, 4.69) is 48.3 Å². The van der Waals surface area contributed by atoms with Crippen LogP contribution >= 0.6 is 0 Å². The first-order valence-electron chi connectivity index (χ1n) is 8.84. The molecule has 2 N–H and O–H groups in total. The number of rotatable bonds is 4. The quantitative estimate of drug-likeness (QED) is 0.893. The minimum atomic E-state index is -0.208. The maximum atomic E-state index is 9.66. The Morgan fingerprint density at radius 2 is 1.92 bits per heavy atom. The highest BCUT2D eigenvalue weighted by Gasteiger charge is 2.19. The normalized spacial score (nSPS) is 15.0. The van der Waals surface area contributed by atoms with Crippen LogP contribution in [-0.4, -0.2) is 24.3 Å². The number of aliphatic hydroxyl groups excluding tert-OH is 1. The van der Waals surface area contributed by atoms with Gasteiger partial charge in [-0.1, -0.05) is 23.8 Å². The first-order valence-corrected chi connectivity index (χ1v) is 8.84. The molecule has 2 aromatic carbocycles. The van der Waals surface area contributed by atoms with Crippen LogP contribution in [0.2, 0.25) is 0 Å². The van der Waals surface area contributed by atoms with Crippen LogP contribution in [0.5, 0.6) is 0 Å². The number of piperidine rings is 1. The average Bonchev–Trinajstić information content (AvgIpc) is 2.61. The van der Waals surface area contributed by atoms with E-state index in [4.69, 9.17) is 0 Å². The van der Waals surface area contributed by atoms with Crippen LogP contribution in [0.4, 0.5) is 11.4 Å². The second-order valence-corrected chi connectivity index (χ2v) is 6.85. The van der Waals surface area contributed by atoms with Gasteiger partial charge in [0.05, 0.1) is 17.4 Å². The lowest BCUT2D eigenvalue weighted by atomic mass is 10.0. The fourth-order valence-corrected chi connectivity index (χ4v) is 3.36. The van der Waals surface area contributed by atoms with Gasteiger partial charge in [0.1, 0.15) is 6.07 Å². The summed E-state index contributed by atoms with van der Waals surface area (Å²) in [5.41, 5.74) is 6.41. The molecule has 0 radical (unpaired) electrons. The monoisotopic (exact) mass is 335 g/mol. The fourth-order valence-electron chi connectivity index (χ4n) is 3.36. The van der Waals surface area contributed by atoms with Gasteiger partial charge in [0.25, 0.3) is 0 Å². The van der Waals surface area contributed by atoms with Gasteiger partial charge < -0.3 is 15.3 Å². The Bertz CT molecular complexity index is 786. The molecular formula is C21H25N3O. The molecule has 0 saturated carbocycles. The lowest BCUT2D eigenvalue weighted by molar-refractivity contribution is 0.145. The number of hydrogen-bond donors (Lipinski definition) is 2. The zero-order valence-corrected chi connectivity index (χ0v) is 14.9. The first kappa shape index (κ1) is 17.3. The zero-order chi connectivity index (χ0) is 17.8. The molecular weight excluding hydrogens is 310 g/mol. The van der Waals surface area contributed by atoms with Gasteiger partial charge in [-0.05, 0) is 56.0 Å². The molecule has 4 heteroatoms. The van der Waals surface area contributed by atoms with Crippen molar-refractivity contribution in [3.05, 3.63) is 58.7 Å². The summed E-state index contributed by atoms with van der Waals surface area (Å²) in [5, 5.41) is 22.6.